The first-order valence-electron chi connectivity index (χ1n) is 7.32. The number of carbonyl (C=O) groups excluding carboxylic acids is 1. The third-order valence-corrected chi connectivity index (χ3v) is 4.11. The van der Waals surface area contributed by atoms with E-state index in [9.17, 15) is 4.79 Å². The lowest BCUT2D eigenvalue weighted by molar-refractivity contribution is 0.100. The molecule has 1 aliphatic carbocycles. The molecule has 0 aromatic heterocycles. The number of primary amides is 1. The van der Waals surface area contributed by atoms with E-state index in [-0.39, 0.29) is 0 Å². The Labute approximate surface area is 120 Å². The molecule has 1 saturated carbocycles. The smallest absolute Gasteiger partial charge is 0.248 e. The van der Waals surface area contributed by atoms with E-state index in [1.54, 1.807) is 25.3 Å². The number of benzene rings is 1. The van der Waals surface area contributed by atoms with Crippen LogP contribution in [0, 0.1) is 11.8 Å². The SMILES string of the molecule is COc1ccc(C(N)=O)cc1NCC1CCCC(C)C1. The van der Waals surface area contributed by atoms with E-state index in [0.29, 0.717) is 11.5 Å². The molecule has 2 rings (SSSR count). The third kappa shape index (κ3) is 3.65. The first kappa shape index (κ1) is 14.7. The maximum atomic E-state index is 11.3. The predicted octanol–water partition coefficient (Wildman–Crippen LogP) is 3.03. The van der Waals surface area contributed by atoms with Crippen LogP contribution in [0.5, 0.6) is 5.75 Å². The second-order valence-electron chi connectivity index (χ2n) is 5.80. The van der Waals surface area contributed by atoms with Gasteiger partial charge >= 0.3 is 0 Å². The number of rotatable bonds is 5. The summed E-state index contributed by atoms with van der Waals surface area (Å²) >= 11 is 0. The van der Waals surface area contributed by atoms with Gasteiger partial charge < -0.3 is 15.8 Å². The maximum Gasteiger partial charge on any atom is 0.248 e. The van der Waals surface area contributed by atoms with Gasteiger partial charge in [-0.15, -0.1) is 0 Å². The Morgan fingerprint density at radius 1 is 1.45 bits per heavy atom. The molecule has 0 spiro atoms. The van der Waals surface area contributed by atoms with Gasteiger partial charge in [-0.05, 0) is 42.9 Å². The van der Waals surface area contributed by atoms with Crippen molar-refractivity contribution in [3.8, 4) is 5.75 Å². The van der Waals surface area contributed by atoms with E-state index in [0.717, 1.165) is 23.9 Å². The number of carbonyl (C=O) groups is 1. The van der Waals surface area contributed by atoms with E-state index in [1.165, 1.54) is 25.7 Å². The number of nitrogens with two attached hydrogens (primary N) is 1. The van der Waals surface area contributed by atoms with E-state index < -0.39 is 5.91 Å². The standard InChI is InChI=1S/C16H24N2O2/c1-11-4-3-5-12(8-11)10-18-14-9-13(16(17)19)6-7-15(14)20-2/h6-7,9,11-12,18H,3-5,8,10H2,1-2H3,(H2,17,19). The van der Waals surface area contributed by atoms with Gasteiger partial charge in [0.2, 0.25) is 5.91 Å². The van der Waals surface area contributed by atoms with Crippen LogP contribution in [0.4, 0.5) is 5.69 Å². The summed E-state index contributed by atoms with van der Waals surface area (Å²) in [5.41, 5.74) is 6.68. The molecule has 1 fully saturated rings. The van der Waals surface area contributed by atoms with E-state index in [1.807, 2.05) is 0 Å². The van der Waals surface area contributed by atoms with Crippen molar-refractivity contribution in [2.75, 3.05) is 19.0 Å². The second-order valence-corrected chi connectivity index (χ2v) is 5.80. The molecule has 1 aliphatic rings. The molecule has 110 valence electrons. The molecule has 0 radical (unpaired) electrons. The fourth-order valence-corrected chi connectivity index (χ4v) is 3.00. The molecular formula is C16H24N2O2. The lowest BCUT2D eigenvalue weighted by atomic mass is 9.82. The van der Waals surface area contributed by atoms with Gasteiger partial charge in [0.05, 0.1) is 12.8 Å². The number of ether oxygens (including phenoxy) is 1. The fourth-order valence-electron chi connectivity index (χ4n) is 3.00. The normalized spacial score (nSPS) is 22.3. The average molecular weight is 276 g/mol. The van der Waals surface area contributed by atoms with Gasteiger partial charge in [0.1, 0.15) is 5.75 Å². The molecule has 2 unspecified atom stereocenters. The summed E-state index contributed by atoms with van der Waals surface area (Å²) in [6.45, 7) is 3.24. The van der Waals surface area contributed by atoms with Gasteiger partial charge in [-0.1, -0.05) is 19.8 Å². The van der Waals surface area contributed by atoms with Crippen molar-refractivity contribution in [1.29, 1.82) is 0 Å². The number of anilines is 1. The lowest BCUT2D eigenvalue weighted by Crippen LogP contribution is -2.21. The zero-order valence-corrected chi connectivity index (χ0v) is 12.3. The van der Waals surface area contributed by atoms with Gasteiger partial charge in [0, 0.05) is 12.1 Å². The maximum absolute atomic E-state index is 11.3. The fraction of sp³-hybridized carbons (Fsp3) is 0.562. The van der Waals surface area contributed by atoms with Crippen molar-refractivity contribution in [1.82, 2.24) is 0 Å². The van der Waals surface area contributed by atoms with Crippen LogP contribution in [0.1, 0.15) is 43.0 Å². The molecule has 0 heterocycles. The molecule has 4 heteroatoms. The summed E-state index contributed by atoms with van der Waals surface area (Å²) in [7, 11) is 1.63. The van der Waals surface area contributed by atoms with E-state index >= 15 is 0 Å². The molecule has 1 aromatic rings. The van der Waals surface area contributed by atoms with Crippen molar-refractivity contribution in [2.24, 2.45) is 17.6 Å². The van der Waals surface area contributed by atoms with Crippen LogP contribution in [-0.2, 0) is 0 Å². The molecule has 0 bridgehead atoms. The first-order valence-corrected chi connectivity index (χ1v) is 7.32. The van der Waals surface area contributed by atoms with Crippen LogP contribution in [0.2, 0.25) is 0 Å². The minimum absolute atomic E-state index is 0.415. The van der Waals surface area contributed by atoms with Gasteiger partial charge in [-0.2, -0.15) is 0 Å². The zero-order valence-electron chi connectivity index (χ0n) is 12.3. The number of methoxy groups -OCH3 is 1. The third-order valence-electron chi connectivity index (χ3n) is 4.11. The molecule has 2 atom stereocenters. The highest BCUT2D eigenvalue weighted by atomic mass is 16.5. The summed E-state index contributed by atoms with van der Waals surface area (Å²) in [6.07, 6.45) is 5.20. The molecule has 0 aliphatic heterocycles. The van der Waals surface area contributed by atoms with Crippen molar-refractivity contribution < 1.29 is 9.53 Å². The summed E-state index contributed by atoms with van der Waals surface area (Å²) in [4.78, 5) is 11.3. The molecular weight excluding hydrogens is 252 g/mol. The summed E-state index contributed by atoms with van der Waals surface area (Å²) < 4.78 is 5.33. The van der Waals surface area contributed by atoms with Gasteiger partial charge in [0.15, 0.2) is 0 Å². The molecule has 0 saturated heterocycles. The van der Waals surface area contributed by atoms with Crippen LogP contribution in [0.15, 0.2) is 18.2 Å². The van der Waals surface area contributed by atoms with Crippen LogP contribution in [-0.4, -0.2) is 19.6 Å². The monoisotopic (exact) mass is 276 g/mol. The Morgan fingerprint density at radius 3 is 2.90 bits per heavy atom. The first-order chi connectivity index (χ1) is 9.60. The Hall–Kier alpha value is -1.71. The number of amides is 1. The second kappa shape index (κ2) is 6.64. The highest BCUT2D eigenvalue weighted by molar-refractivity contribution is 5.94. The Morgan fingerprint density at radius 2 is 2.25 bits per heavy atom. The number of hydrogen-bond acceptors (Lipinski definition) is 3. The van der Waals surface area contributed by atoms with Crippen molar-refractivity contribution in [2.45, 2.75) is 32.6 Å². The van der Waals surface area contributed by atoms with Crippen LogP contribution in [0.3, 0.4) is 0 Å². The van der Waals surface area contributed by atoms with Gasteiger partial charge in [-0.25, -0.2) is 0 Å². The summed E-state index contributed by atoms with van der Waals surface area (Å²) in [5, 5.41) is 3.42. The average Bonchev–Trinajstić information content (AvgIpc) is 2.44. The molecule has 3 N–H and O–H groups in total. The largest absolute Gasteiger partial charge is 0.495 e. The highest BCUT2D eigenvalue weighted by Crippen LogP contribution is 2.30. The number of nitrogens with one attached hydrogen (secondary N) is 1. The van der Waals surface area contributed by atoms with E-state index in [4.69, 9.17) is 10.5 Å². The number of hydrogen-bond donors (Lipinski definition) is 2. The molecule has 20 heavy (non-hydrogen) atoms. The van der Waals surface area contributed by atoms with Crippen molar-refractivity contribution >= 4 is 11.6 Å². The van der Waals surface area contributed by atoms with Crippen LogP contribution < -0.4 is 15.8 Å². The topological polar surface area (TPSA) is 64.3 Å². The Balaban J connectivity index is 2.03. The van der Waals surface area contributed by atoms with Crippen LogP contribution in [0.25, 0.3) is 0 Å². The summed E-state index contributed by atoms with van der Waals surface area (Å²) in [6, 6.07) is 5.24. The molecule has 4 nitrogen and oxygen atoms in total. The van der Waals surface area contributed by atoms with Crippen LogP contribution >= 0.6 is 0 Å². The predicted molar refractivity (Wildman–Crippen MR) is 81.1 cm³/mol. The quantitative estimate of drug-likeness (QED) is 0.868. The zero-order chi connectivity index (χ0) is 14.5. The van der Waals surface area contributed by atoms with Gasteiger partial charge in [-0.3, -0.25) is 4.79 Å². The van der Waals surface area contributed by atoms with E-state index in [2.05, 4.69) is 12.2 Å². The van der Waals surface area contributed by atoms with Crippen molar-refractivity contribution in [3.05, 3.63) is 23.8 Å². The highest BCUT2D eigenvalue weighted by Gasteiger charge is 2.19. The Kier molecular flexibility index (Phi) is 4.88. The minimum Gasteiger partial charge on any atom is -0.495 e. The Bertz CT molecular complexity index is 474. The molecule has 1 aromatic carbocycles. The lowest BCUT2D eigenvalue weighted by Gasteiger charge is -2.27. The van der Waals surface area contributed by atoms with Crippen molar-refractivity contribution in [3.63, 3.8) is 0 Å². The summed E-state index contributed by atoms with van der Waals surface area (Å²) in [5.74, 6) is 1.84. The minimum atomic E-state index is -0.415. The molecule has 1 amide bonds. The van der Waals surface area contributed by atoms with Gasteiger partial charge in [0.25, 0.3) is 0 Å².